The lowest BCUT2D eigenvalue weighted by Gasteiger charge is -2.28. The summed E-state index contributed by atoms with van der Waals surface area (Å²) in [5.74, 6) is 0.533. The maximum Gasteiger partial charge on any atom is 0.232 e. The molecule has 0 spiro atoms. The predicted molar refractivity (Wildman–Crippen MR) is 85.5 cm³/mol. The molecule has 6 nitrogen and oxygen atoms in total. The van der Waals surface area contributed by atoms with Gasteiger partial charge in [-0.1, -0.05) is 5.16 Å². The normalized spacial score (nSPS) is 22.9. The van der Waals surface area contributed by atoms with E-state index in [1.165, 1.54) is 0 Å². The van der Waals surface area contributed by atoms with Crippen molar-refractivity contribution < 1.29 is 14.4 Å². The van der Waals surface area contributed by atoms with E-state index in [-0.39, 0.29) is 12.2 Å². The van der Waals surface area contributed by atoms with Gasteiger partial charge in [0.05, 0.1) is 11.4 Å². The van der Waals surface area contributed by atoms with Crippen molar-refractivity contribution in [3.8, 4) is 0 Å². The standard InChI is InChI=1S/C17H17N3O3/c1-9-6-12-13(7-10(9)2)18-16-17(22,15(12)21)4-5-20(16)14-8-11(3)19-23-14/h6-8,22H,4-5H2,1-3H3/t17-/m1/s1. The number of benzene rings is 1. The fourth-order valence-corrected chi connectivity index (χ4v) is 3.19. The Morgan fingerprint density at radius 1 is 1.22 bits per heavy atom. The predicted octanol–water partition coefficient (Wildman–Crippen LogP) is 2.47. The van der Waals surface area contributed by atoms with E-state index in [0.29, 0.717) is 29.5 Å². The third-order valence-electron chi connectivity index (χ3n) is 4.66. The van der Waals surface area contributed by atoms with Crippen molar-refractivity contribution in [3.05, 3.63) is 40.6 Å². The average molecular weight is 311 g/mol. The molecule has 1 aromatic carbocycles. The van der Waals surface area contributed by atoms with Gasteiger partial charge in [-0.15, -0.1) is 0 Å². The van der Waals surface area contributed by atoms with Crippen molar-refractivity contribution >= 4 is 23.2 Å². The minimum atomic E-state index is -1.59. The van der Waals surface area contributed by atoms with Gasteiger partial charge in [0.25, 0.3) is 0 Å². The Kier molecular flexibility index (Phi) is 2.78. The van der Waals surface area contributed by atoms with Crippen LogP contribution in [0.2, 0.25) is 0 Å². The van der Waals surface area contributed by atoms with Crippen LogP contribution in [0.25, 0.3) is 0 Å². The number of hydrogen-bond acceptors (Lipinski definition) is 6. The minimum absolute atomic E-state index is 0.288. The van der Waals surface area contributed by atoms with Crippen molar-refractivity contribution in [2.45, 2.75) is 32.8 Å². The summed E-state index contributed by atoms with van der Waals surface area (Å²) < 4.78 is 5.28. The summed E-state index contributed by atoms with van der Waals surface area (Å²) in [6.07, 6.45) is 0.288. The van der Waals surface area contributed by atoms with Crippen LogP contribution in [0.1, 0.15) is 33.6 Å². The van der Waals surface area contributed by atoms with E-state index in [2.05, 4.69) is 10.1 Å². The second kappa shape index (κ2) is 4.52. The van der Waals surface area contributed by atoms with Gasteiger partial charge in [-0.2, -0.15) is 0 Å². The first-order valence-corrected chi connectivity index (χ1v) is 7.58. The Morgan fingerprint density at radius 2 is 1.96 bits per heavy atom. The number of ketones is 1. The molecular formula is C17H17N3O3. The molecule has 2 aliphatic rings. The molecular weight excluding hydrogens is 294 g/mol. The lowest BCUT2D eigenvalue weighted by molar-refractivity contribution is 0.0602. The summed E-state index contributed by atoms with van der Waals surface area (Å²) in [5.41, 5.74) is 2.31. The number of aliphatic imine (C=N–C) groups is 1. The first-order valence-electron chi connectivity index (χ1n) is 7.58. The topological polar surface area (TPSA) is 78.9 Å². The fraction of sp³-hybridized carbons (Fsp3) is 0.353. The van der Waals surface area contributed by atoms with Crippen molar-refractivity contribution in [1.29, 1.82) is 0 Å². The van der Waals surface area contributed by atoms with Gasteiger partial charge in [0.2, 0.25) is 11.7 Å². The van der Waals surface area contributed by atoms with E-state index in [0.717, 1.165) is 16.8 Å². The molecule has 1 atom stereocenters. The Bertz CT molecular complexity index is 868. The summed E-state index contributed by atoms with van der Waals surface area (Å²) >= 11 is 0. The highest BCUT2D eigenvalue weighted by Crippen LogP contribution is 2.40. The number of aliphatic hydroxyl groups is 1. The number of fused-ring (bicyclic) bond motifs is 2. The summed E-state index contributed by atoms with van der Waals surface area (Å²) in [6.45, 7) is 6.21. The lowest BCUT2D eigenvalue weighted by Crippen LogP contribution is -2.48. The van der Waals surface area contributed by atoms with Gasteiger partial charge in [0.15, 0.2) is 11.4 Å². The Labute approximate surface area is 133 Å². The molecule has 1 aromatic heterocycles. The van der Waals surface area contributed by atoms with E-state index in [1.807, 2.05) is 32.9 Å². The summed E-state index contributed by atoms with van der Waals surface area (Å²) in [5, 5.41) is 14.8. The first-order chi connectivity index (χ1) is 10.9. The number of carbonyl (C=O) groups is 1. The molecule has 0 aliphatic carbocycles. The van der Waals surface area contributed by atoms with Gasteiger partial charge in [-0.3, -0.25) is 9.69 Å². The van der Waals surface area contributed by atoms with Crippen LogP contribution in [0, 0.1) is 20.8 Å². The number of carbonyl (C=O) groups excluding carboxylic acids is 1. The number of amidine groups is 1. The van der Waals surface area contributed by atoms with Crippen molar-refractivity contribution in [1.82, 2.24) is 5.16 Å². The zero-order chi connectivity index (χ0) is 16.4. The van der Waals surface area contributed by atoms with Crippen molar-refractivity contribution in [3.63, 3.8) is 0 Å². The number of Topliss-reactive ketones (excluding diaryl/α,β-unsaturated/α-hetero) is 1. The van der Waals surface area contributed by atoms with Gasteiger partial charge < -0.3 is 9.63 Å². The van der Waals surface area contributed by atoms with Crippen LogP contribution in [-0.4, -0.2) is 34.0 Å². The van der Waals surface area contributed by atoms with E-state index in [9.17, 15) is 9.90 Å². The van der Waals surface area contributed by atoms with Crippen LogP contribution in [0.4, 0.5) is 11.6 Å². The van der Waals surface area contributed by atoms with Crippen LogP contribution < -0.4 is 4.90 Å². The number of nitrogens with zero attached hydrogens (tertiary/aromatic N) is 3. The zero-order valence-electron chi connectivity index (χ0n) is 13.3. The third-order valence-corrected chi connectivity index (χ3v) is 4.66. The van der Waals surface area contributed by atoms with Gasteiger partial charge >= 0.3 is 0 Å². The maximum atomic E-state index is 12.9. The molecule has 4 rings (SSSR count). The first kappa shape index (κ1) is 14.1. The Balaban J connectivity index is 1.89. The molecule has 2 aliphatic heterocycles. The molecule has 0 amide bonds. The minimum Gasteiger partial charge on any atom is -0.374 e. The number of hydrogen-bond donors (Lipinski definition) is 1. The largest absolute Gasteiger partial charge is 0.374 e. The second-order valence-electron chi connectivity index (χ2n) is 6.29. The molecule has 2 aromatic rings. The molecule has 0 radical (unpaired) electrons. The molecule has 0 unspecified atom stereocenters. The molecule has 0 saturated carbocycles. The molecule has 3 heterocycles. The van der Waals surface area contributed by atoms with Crippen LogP contribution in [-0.2, 0) is 0 Å². The van der Waals surface area contributed by atoms with Crippen LogP contribution >= 0.6 is 0 Å². The molecule has 118 valence electrons. The third kappa shape index (κ3) is 1.88. The highest BCUT2D eigenvalue weighted by Gasteiger charge is 2.53. The monoisotopic (exact) mass is 311 g/mol. The van der Waals surface area contributed by atoms with Gasteiger partial charge in [-0.25, -0.2) is 4.99 Å². The highest BCUT2D eigenvalue weighted by molar-refractivity contribution is 6.28. The highest BCUT2D eigenvalue weighted by atomic mass is 16.5. The molecule has 1 fully saturated rings. The number of anilines is 1. The van der Waals surface area contributed by atoms with Crippen molar-refractivity contribution in [2.75, 3.05) is 11.4 Å². The summed E-state index contributed by atoms with van der Waals surface area (Å²) in [4.78, 5) is 19.2. The number of aromatic nitrogens is 1. The number of rotatable bonds is 1. The maximum absolute atomic E-state index is 12.9. The Hall–Kier alpha value is -2.47. The van der Waals surface area contributed by atoms with Gasteiger partial charge in [-0.05, 0) is 44.0 Å². The van der Waals surface area contributed by atoms with E-state index < -0.39 is 5.60 Å². The van der Waals surface area contributed by atoms with Crippen LogP contribution in [0.5, 0.6) is 0 Å². The lowest BCUT2D eigenvalue weighted by atomic mass is 9.86. The fourth-order valence-electron chi connectivity index (χ4n) is 3.19. The molecule has 6 heteroatoms. The second-order valence-corrected chi connectivity index (χ2v) is 6.29. The quantitative estimate of drug-likeness (QED) is 0.875. The van der Waals surface area contributed by atoms with E-state index in [1.54, 1.807) is 11.0 Å². The van der Waals surface area contributed by atoms with Crippen molar-refractivity contribution in [2.24, 2.45) is 4.99 Å². The van der Waals surface area contributed by atoms with E-state index in [4.69, 9.17) is 4.52 Å². The smallest absolute Gasteiger partial charge is 0.232 e. The SMILES string of the molecule is Cc1cc(N2CC[C@@]3(O)C(=O)c4cc(C)c(C)cc4N=C23)on1. The van der Waals surface area contributed by atoms with Crippen LogP contribution in [0.15, 0.2) is 27.7 Å². The summed E-state index contributed by atoms with van der Waals surface area (Å²) in [7, 11) is 0. The number of aryl methyl sites for hydroxylation is 3. The molecule has 1 saturated heterocycles. The summed E-state index contributed by atoms with van der Waals surface area (Å²) in [6, 6.07) is 5.47. The van der Waals surface area contributed by atoms with Gasteiger partial charge in [0.1, 0.15) is 0 Å². The molecule has 23 heavy (non-hydrogen) atoms. The zero-order valence-corrected chi connectivity index (χ0v) is 13.3. The van der Waals surface area contributed by atoms with Crippen LogP contribution in [0.3, 0.4) is 0 Å². The molecule has 0 bridgehead atoms. The molecule has 1 N–H and O–H groups in total. The average Bonchev–Trinajstić information content (AvgIpc) is 3.07. The van der Waals surface area contributed by atoms with E-state index >= 15 is 0 Å². The van der Waals surface area contributed by atoms with Gasteiger partial charge in [0, 0.05) is 24.6 Å². The Morgan fingerprint density at radius 3 is 2.65 bits per heavy atom.